The first-order valence-electron chi connectivity index (χ1n) is 12.5. The topological polar surface area (TPSA) is 79.1 Å². The van der Waals surface area contributed by atoms with Crippen molar-refractivity contribution in [2.45, 2.75) is 128 Å². The summed E-state index contributed by atoms with van der Waals surface area (Å²) in [6.07, 6.45) is 19.9. The van der Waals surface area contributed by atoms with Crippen molar-refractivity contribution in [2.75, 3.05) is 6.61 Å². The summed E-state index contributed by atoms with van der Waals surface area (Å²) in [7, 11) is 0. The van der Waals surface area contributed by atoms with Crippen LogP contribution in [0.4, 0.5) is 0 Å². The van der Waals surface area contributed by atoms with Crippen LogP contribution < -0.4 is 0 Å². The molecule has 30 heavy (non-hydrogen) atoms. The number of unbranched alkanes of at least 4 members (excludes halogenated alkanes) is 12. The van der Waals surface area contributed by atoms with Gasteiger partial charge in [0.1, 0.15) is 5.57 Å². The first-order valence-corrected chi connectivity index (χ1v) is 12.5. The summed E-state index contributed by atoms with van der Waals surface area (Å²) >= 11 is 0. The van der Waals surface area contributed by atoms with E-state index >= 15 is 0 Å². The van der Waals surface area contributed by atoms with Crippen LogP contribution in [0.2, 0.25) is 0 Å². The summed E-state index contributed by atoms with van der Waals surface area (Å²) in [5.74, 6) is -0.686. The maximum absolute atomic E-state index is 12.2. The minimum Gasteiger partial charge on any atom is -0.507 e. The van der Waals surface area contributed by atoms with Gasteiger partial charge in [0.25, 0.3) is 0 Å². The van der Waals surface area contributed by atoms with Gasteiger partial charge >= 0.3 is 5.97 Å². The highest BCUT2D eigenvalue weighted by molar-refractivity contribution is 6.21. The van der Waals surface area contributed by atoms with Gasteiger partial charge < -0.3 is 14.9 Å². The molecule has 0 spiro atoms. The van der Waals surface area contributed by atoms with Gasteiger partial charge in [0.15, 0.2) is 11.9 Å². The molecular formula is C25H43NO4. The van der Waals surface area contributed by atoms with Gasteiger partial charge in [-0.2, -0.15) is 0 Å². The SMILES string of the molecule is CCCCCCCCCCCCCCCC(=NC1CCC1)C1=C(O)C(CO)OC1=O. The van der Waals surface area contributed by atoms with Gasteiger partial charge in [-0.3, -0.25) is 4.99 Å². The number of ether oxygens (including phenoxy) is 1. The number of nitrogens with zero attached hydrogens (tertiary/aromatic N) is 1. The summed E-state index contributed by atoms with van der Waals surface area (Å²) in [6, 6.07) is 0.267. The first kappa shape index (κ1) is 24.9. The lowest BCUT2D eigenvalue weighted by molar-refractivity contribution is -0.141. The Morgan fingerprint density at radius 2 is 1.47 bits per heavy atom. The Morgan fingerprint density at radius 1 is 0.933 bits per heavy atom. The smallest absolute Gasteiger partial charge is 0.344 e. The molecule has 1 unspecified atom stereocenters. The van der Waals surface area contributed by atoms with Crippen LogP contribution in [0.15, 0.2) is 16.3 Å². The first-order chi connectivity index (χ1) is 14.7. The van der Waals surface area contributed by atoms with Gasteiger partial charge in [-0.1, -0.05) is 84.0 Å². The number of hydrogen-bond donors (Lipinski definition) is 2. The zero-order valence-electron chi connectivity index (χ0n) is 19.0. The molecule has 0 aromatic heterocycles. The monoisotopic (exact) mass is 421 g/mol. The predicted octanol–water partition coefficient (Wildman–Crippen LogP) is 6.19. The summed E-state index contributed by atoms with van der Waals surface area (Å²) in [5.41, 5.74) is 0.890. The van der Waals surface area contributed by atoms with E-state index in [1.165, 1.54) is 77.0 Å². The van der Waals surface area contributed by atoms with Crippen LogP contribution in [0, 0.1) is 0 Å². The number of cyclic esters (lactones) is 1. The number of rotatable bonds is 17. The lowest BCUT2D eigenvalue weighted by Crippen LogP contribution is -2.20. The second-order valence-corrected chi connectivity index (χ2v) is 8.99. The Morgan fingerprint density at radius 3 is 1.90 bits per heavy atom. The highest BCUT2D eigenvalue weighted by Crippen LogP contribution is 2.28. The average molecular weight is 422 g/mol. The molecule has 0 amide bonds. The van der Waals surface area contributed by atoms with Gasteiger partial charge in [-0.15, -0.1) is 0 Å². The van der Waals surface area contributed by atoms with E-state index in [2.05, 4.69) is 6.92 Å². The Balaban J connectivity index is 1.62. The molecule has 2 rings (SSSR count). The van der Waals surface area contributed by atoms with E-state index < -0.39 is 18.7 Å². The van der Waals surface area contributed by atoms with Crippen molar-refractivity contribution in [3.05, 3.63) is 11.3 Å². The summed E-state index contributed by atoms with van der Waals surface area (Å²) in [5, 5.41) is 19.6. The number of carbonyl (C=O) groups excluding carboxylic acids is 1. The molecule has 0 aromatic rings. The molecular weight excluding hydrogens is 378 g/mol. The molecule has 0 radical (unpaired) electrons. The predicted molar refractivity (Wildman–Crippen MR) is 122 cm³/mol. The van der Waals surface area contributed by atoms with Gasteiger partial charge in [0, 0.05) is 0 Å². The molecule has 1 saturated carbocycles. The van der Waals surface area contributed by atoms with Gasteiger partial charge in [-0.05, 0) is 32.1 Å². The van der Waals surface area contributed by atoms with E-state index in [-0.39, 0.29) is 17.4 Å². The van der Waals surface area contributed by atoms with Crippen molar-refractivity contribution >= 4 is 11.7 Å². The quantitative estimate of drug-likeness (QED) is 0.167. The van der Waals surface area contributed by atoms with Crippen LogP contribution in [0.3, 0.4) is 0 Å². The second-order valence-electron chi connectivity index (χ2n) is 8.99. The molecule has 1 fully saturated rings. The Hall–Kier alpha value is -1.36. The van der Waals surface area contributed by atoms with Crippen molar-refractivity contribution in [3.8, 4) is 0 Å². The zero-order valence-corrected chi connectivity index (χ0v) is 19.0. The third kappa shape index (κ3) is 8.41. The van der Waals surface area contributed by atoms with Crippen molar-refractivity contribution in [2.24, 2.45) is 4.99 Å². The van der Waals surface area contributed by atoms with E-state index in [1.54, 1.807) is 0 Å². The fraction of sp³-hybridized carbons (Fsp3) is 0.840. The van der Waals surface area contributed by atoms with Gasteiger partial charge in [0.05, 0.1) is 18.4 Å². The van der Waals surface area contributed by atoms with E-state index in [4.69, 9.17) is 9.73 Å². The molecule has 1 atom stereocenters. The summed E-state index contributed by atoms with van der Waals surface area (Å²) < 4.78 is 5.07. The number of esters is 1. The van der Waals surface area contributed by atoms with E-state index in [1.807, 2.05) is 0 Å². The van der Waals surface area contributed by atoms with Crippen LogP contribution in [-0.4, -0.2) is 40.6 Å². The van der Waals surface area contributed by atoms with Crippen molar-refractivity contribution in [1.82, 2.24) is 0 Å². The molecule has 172 valence electrons. The lowest BCUT2D eigenvalue weighted by atomic mass is 9.92. The number of aliphatic hydroxyl groups excluding tert-OH is 2. The normalized spacial score (nSPS) is 20.0. The maximum Gasteiger partial charge on any atom is 0.344 e. The van der Waals surface area contributed by atoms with Crippen molar-refractivity contribution < 1.29 is 19.7 Å². The third-order valence-corrected chi connectivity index (χ3v) is 6.40. The Labute approximate surface area is 183 Å². The van der Waals surface area contributed by atoms with E-state index in [0.29, 0.717) is 12.1 Å². The second kappa shape index (κ2) is 14.6. The third-order valence-electron chi connectivity index (χ3n) is 6.40. The largest absolute Gasteiger partial charge is 0.507 e. The zero-order chi connectivity index (χ0) is 21.6. The molecule has 1 aliphatic heterocycles. The Kier molecular flexibility index (Phi) is 12.1. The van der Waals surface area contributed by atoms with Crippen LogP contribution in [0.5, 0.6) is 0 Å². The molecule has 1 aliphatic carbocycles. The molecule has 0 bridgehead atoms. The van der Waals surface area contributed by atoms with E-state index in [9.17, 15) is 15.0 Å². The summed E-state index contributed by atoms with van der Waals surface area (Å²) in [4.78, 5) is 16.9. The van der Waals surface area contributed by atoms with Crippen molar-refractivity contribution in [3.63, 3.8) is 0 Å². The highest BCUT2D eigenvalue weighted by atomic mass is 16.6. The minimum atomic E-state index is -0.925. The number of carbonyl (C=O) groups is 1. The lowest BCUT2D eigenvalue weighted by Gasteiger charge is -2.22. The molecule has 0 saturated heterocycles. The Bertz CT molecular complexity index is 565. The van der Waals surface area contributed by atoms with Crippen LogP contribution in [0.25, 0.3) is 0 Å². The molecule has 5 nitrogen and oxygen atoms in total. The number of hydrogen-bond acceptors (Lipinski definition) is 5. The van der Waals surface area contributed by atoms with Gasteiger partial charge in [0.2, 0.25) is 0 Å². The fourth-order valence-corrected chi connectivity index (χ4v) is 4.20. The maximum atomic E-state index is 12.2. The van der Waals surface area contributed by atoms with Crippen LogP contribution in [0.1, 0.15) is 116 Å². The standard InChI is InChI=1S/C25H43NO4/c1-2-3-4-5-6-7-8-9-10-11-12-13-14-18-21(26-20-16-15-17-20)23-24(28)22(19-27)30-25(23)29/h20,22,27-28H,2-19H2,1H3. The number of aliphatic hydroxyl groups is 2. The minimum absolute atomic E-state index is 0.143. The van der Waals surface area contributed by atoms with Crippen LogP contribution >= 0.6 is 0 Å². The average Bonchev–Trinajstić information content (AvgIpc) is 3.00. The molecule has 2 N–H and O–H groups in total. The number of aliphatic imine (C=N–C) groups is 1. The molecule has 1 heterocycles. The highest BCUT2D eigenvalue weighted by Gasteiger charge is 2.36. The molecule has 5 heteroatoms. The fourth-order valence-electron chi connectivity index (χ4n) is 4.20. The molecule has 2 aliphatic rings. The van der Waals surface area contributed by atoms with Crippen LogP contribution in [-0.2, 0) is 9.53 Å². The summed E-state index contributed by atoms with van der Waals surface area (Å²) in [6.45, 7) is 1.87. The molecule has 0 aromatic carbocycles. The van der Waals surface area contributed by atoms with E-state index in [0.717, 1.165) is 25.7 Å². The van der Waals surface area contributed by atoms with Crippen molar-refractivity contribution in [1.29, 1.82) is 0 Å². The van der Waals surface area contributed by atoms with Gasteiger partial charge in [-0.25, -0.2) is 4.79 Å².